The van der Waals surface area contributed by atoms with Crippen LogP contribution in [0.25, 0.3) is 6.08 Å². The molecule has 0 heterocycles. The molecule has 2 rings (SSSR count). The Kier molecular flexibility index (Phi) is 5.12. The van der Waals surface area contributed by atoms with Crippen molar-refractivity contribution in [2.75, 3.05) is 7.11 Å². The highest BCUT2D eigenvalue weighted by atomic mass is 32.2. The lowest BCUT2D eigenvalue weighted by molar-refractivity contribution is -0.134. The van der Waals surface area contributed by atoms with Gasteiger partial charge in [0.05, 0.1) is 17.8 Å². The van der Waals surface area contributed by atoms with Gasteiger partial charge in [0.2, 0.25) is 0 Å². The van der Waals surface area contributed by atoms with E-state index in [0.717, 1.165) is 0 Å². The molecule has 0 spiro atoms. The van der Waals surface area contributed by atoms with Crippen LogP contribution in [-0.4, -0.2) is 21.5 Å². The van der Waals surface area contributed by atoms with Gasteiger partial charge in [-0.05, 0) is 23.3 Å². The van der Waals surface area contributed by atoms with Crippen molar-refractivity contribution in [1.29, 1.82) is 0 Å². The summed E-state index contributed by atoms with van der Waals surface area (Å²) in [4.78, 5) is 11.4. The van der Waals surface area contributed by atoms with Gasteiger partial charge in [0, 0.05) is 6.08 Å². The van der Waals surface area contributed by atoms with E-state index in [2.05, 4.69) is 4.74 Å². The molecule has 0 saturated carbocycles. The van der Waals surface area contributed by atoms with Crippen molar-refractivity contribution in [2.45, 2.75) is 10.6 Å². The van der Waals surface area contributed by atoms with Gasteiger partial charge in [-0.15, -0.1) is 0 Å². The second kappa shape index (κ2) is 7.04. The second-order valence-corrected chi connectivity index (χ2v) is 6.60. The summed E-state index contributed by atoms with van der Waals surface area (Å²) in [6, 6.07) is 15.5. The van der Waals surface area contributed by atoms with Crippen LogP contribution in [0.2, 0.25) is 0 Å². The van der Waals surface area contributed by atoms with E-state index < -0.39 is 15.8 Å². The summed E-state index contributed by atoms with van der Waals surface area (Å²) in [7, 11) is -2.23. The summed E-state index contributed by atoms with van der Waals surface area (Å²) in [6.45, 7) is 0. The maximum Gasteiger partial charge on any atom is 0.330 e. The first-order chi connectivity index (χ1) is 10.5. The van der Waals surface area contributed by atoms with Gasteiger partial charge in [-0.25, -0.2) is 13.2 Å². The maximum atomic E-state index is 12.6. The van der Waals surface area contributed by atoms with Crippen molar-refractivity contribution in [2.24, 2.45) is 0 Å². The molecule has 0 unspecified atom stereocenters. The second-order valence-electron chi connectivity index (χ2n) is 4.64. The van der Waals surface area contributed by atoms with Crippen molar-refractivity contribution < 1.29 is 17.9 Å². The Bertz CT molecular complexity index is 777. The molecular weight excluding hydrogens is 300 g/mol. The van der Waals surface area contributed by atoms with Crippen molar-refractivity contribution in [3.05, 3.63) is 71.8 Å². The van der Waals surface area contributed by atoms with E-state index in [4.69, 9.17) is 0 Å². The highest BCUT2D eigenvalue weighted by Gasteiger charge is 2.18. The van der Waals surface area contributed by atoms with Gasteiger partial charge >= 0.3 is 5.97 Å². The third kappa shape index (κ3) is 4.05. The number of sulfone groups is 1. The number of esters is 1. The first-order valence-corrected chi connectivity index (χ1v) is 8.30. The van der Waals surface area contributed by atoms with Gasteiger partial charge in [0.15, 0.2) is 9.84 Å². The topological polar surface area (TPSA) is 60.4 Å². The number of hydrogen-bond acceptors (Lipinski definition) is 4. The Hall–Kier alpha value is -2.40. The van der Waals surface area contributed by atoms with Crippen molar-refractivity contribution in [3.63, 3.8) is 0 Å². The Morgan fingerprint density at radius 2 is 1.68 bits per heavy atom. The molecule has 0 N–H and O–H groups in total. The van der Waals surface area contributed by atoms with Crippen LogP contribution in [0.4, 0.5) is 0 Å². The zero-order valence-electron chi connectivity index (χ0n) is 12.1. The average molecular weight is 316 g/mol. The first kappa shape index (κ1) is 16.0. The van der Waals surface area contributed by atoms with Crippen molar-refractivity contribution in [3.8, 4) is 0 Å². The average Bonchev–Trinajstić information content (AvgIpc) is 2.53. The van der Waals surface area contributed by atoms with Gasteiger partial charge in [-0.1, -0.05) is 48.5 Å². The van der Waals surface area contributed by atoms with E-state index in [1.807, 2.05) is 6.07 Å². The lowest BCUT2D eigenvalue weighted by Gasteiger charge is -2.08. The molecule has 0 amide bonds. The molecule has 0 saturated heterocycles. The predicted octanol–water partition coefficient (Wildman–Crippen LogP) is 2.85. The summed E-state index contributed by atoms with van der Waals surface area (Å²) in [5.74, 6) is -0.619. The molecule has 5 heteroatoms. The van der Waals surface area contributed by atoms with Gasteiger partial charge in [-0.3, -0.25) is 0 Å². The quantitative estimate of drug-likeness (QED) is 0.628. The smallest absolute Gasteiger partial charge is 0.330 e. The van der Waals surface area contributed by atoms with Crippen molar-refractivity contribution >= 4 is 21.9 Å². The number of carbonyl (C=O) groups is 1. The monoisotopic (exact) mass is 316 g/mol. The van der Waals surface area contributed by atoms with E-state index in [9.17, 15) is 13.2 Å². The number of rotatable bonds is 5. The summed E-state index contributed by atoms with van der Waals surface area (Å²) in [5.41, 5.74) is 1.18. The molecule has 4 nitrogen and oxygen atoms in total. The normalized spacial score (nSPS) is 11.5. The van der Waals surface area contributed by atoms with Gasteiger partial charge in [-0.2, -0.15) is 0 Å². The Balaban J connectivity index is 2.35. The van der Waals surface area contributed by atoms with Crippen LogP contribution in [0.15, 0.2) is 65.6 Å². The van der Waals surface area contributed by atoms with Crippen LogP contribution in [0.5, 0.6) is 0 Å². The highest BCUT2D eigenvalue weighted by molar-refractivity contribution is 7.90. The molecule has 0 aliphatic heterocycles. The third-order valence-electron chi connectivity index (χ3n) is 3.05. The van der Waals surface area contributed by atoms with Gasteiger partial charge in [0.1, 0.15) is 0 Å². The first-order valence-electron chi connectivity index (χ1n) is 6.64. The van der Waals surface area contributed by atoms with Crippen LogP contribution in [-0.2, 0) is 25.1 Å². The number of ether oxygens (including phenoxy) is 1. The minimum Gasteiger partial charge on any atom is -0.466 e. The maximum absolute atomic E-state index is 12.6. The summed E-state index contributed by atoms with van der Waals surface area (Å²) < 4.78 is 29.7. The Labute approximate surface area is 130 Å². The lowest BCUT2D eigenvalue weighted by Crippen LogP contribution is -2.06. The minimum atomic E-state index is -3.50. The molecule has 0 aliphatic carbocycles. The van der Waals surface area contributed by atoms with E-state index in [1.165, 1.54) is 25.3 Å². The standard InChI is InChI=1S/C17H16O4S/c1-21-17(18)12-11-15-9-5-6-10-16(15)22(19,20)13-14-7-3-2-4-8-14/h2-12H,13H2,1H3. The van der Waals surface area contributed by atoms with E-state index >= 15 is 0 Å². The minimum absolute atomic E-state index is 0.0864. The van der Waals surface area contributed by atoms with Crippen LogP contribution >= 0.6 is 0 Å². The molecule has 0 atom stereocenters. The van der Waals surface area contributed by atoms with E-state index in [-0.39, 0.29) is 10.6 Å². The molecule has 0 radical (unpaired) electrons. The predicted molar refractivity (Wildman–Crippen MR) is 84.8 cm³/mol. The molecule has 22 heavy (non-hydrogen) atoms. The van der Waals surface area contributed by atoms with Crippen LogP contribution in [0.3, 0.4) is 0 Å². The Morgan fingerprint density at radius 1 is 1.05 bits per heavy atom. The number of carbonyl (C=O) groups excluding carboxylic acids is 1. The number of methoxy groups -OCH3 is 1. The van der Waals surface area contributed by atoms with Crippen LogP contribution in [0, 0.1) is 0 Å². The zero-order valence-corrected chi connectivity index (χ0v) is 12.9. The fourth-order valence-electron chi connectivity index (χ4n) is 2.00. The Morgan fingerprint density at radius 3 is 2.36 bits per heavy atom. The fourth-order valence-corrected chi connectivity index (χ4v) is 3.57. The molecule has 2 aromatic carbocycles. The van der Waals surface area contributed by atoms with Gasteiger partial charge in [0.25, 0.3) is 0 Å². The third-order valence-corrected chi connectivity index (χ3v) is 4.81. The molecule has 0 aromatic heterocycles. The van der Waals surface area contributed by atoms with E-state index in [0.29, 0.717) is 11.1 Å². The molecule has 114 valence electrons. The van der Waals surface area contributed by atoms with Gasteiger partial charge < -0.3 is 4.74 Å². The molecule has 2 aromatic rings. The molecule has 0 bridgehead atoms. The zero-order chi connectivity index (χ0) is 16.0. The SMILES string of the molecule is COC(=O)C=Cc1ccccc1S(=O)(=O)Cc1ccccc1. The molecular formula is C17H16O4S. The number of benzene rings is 2. The van der Waals surface area contributed by atoms with E-state index in [1.54, 1.807) is 42.5 Å². The van der Waals surface area contributed by atoms with Crippen molar-refractivity contribution in [1.82, 2.24) is 0 Å². The van der Waals surface area contributed by atoms with Crippen LogP contribution in [0.1, 0.15) is 11.1 Å². The molecule has 0 fully saturated rings. The number of hydrogen-bond donors (Lipinski definition) is 0. The largest absolute Gasteiger partial charge is 0.466 e. The lowest BCUT2D eigenvalue weighted by atomic mass is 10.2. The molecule has 0 aliphatic rings. The summed E-state index contributed by atoms with van der Waals surface area (Å²) in [6.07, 6.45) is 2.65. The fraction of sp³-hybridized carbons (Fsp3) is 0.118. The highest BCUT2D eigenvalue weighted by Crippen LogP contribution is 2.21. The summed E-state index contributed by atoms with van der Waals surface area (Å²) >= 11 is 0. The van der Waals surface area contributed by atoms with Crippen LogP contribution < -0.4 is 0 Å². The summed E-state index contributed by atoms with van der Waals surface area (Å²) in [5, 5.41) is 0.